The summed E-state index contributed by atoms with van der Waals surface area (Å²) in [4.78, 5) is 46.7. The van der Waals surface area contributed by atoms with Gasteiger partial charge in [0, 0.05) is 5.02 Å². The van der Waals surface area contributed by atoms with E-state index in [4.69, 9.17) is 32.4 Å². The Morgan fingerprint density at radius 2 is 1.79 bits per heavy atom. The number of carbonyl (C=O) groups excluding carboxylic acids is 4. The predicted octanol–water partition coefficient (Wildman–Crippen LogP) is 1.96. The first-order valence-electron chi connectivity index (χ1n) is 8.12. The first kappa shape index (κ1) is 22.3. The molecule has 9 nitrogen and oxygen atoms in total. The maximum Gasteiger partial charge on any atom is 0.373 e. The van der Waals surface area contributed by atoms with Crippen molar-refractivity contribution < 1.29 is 33.1 Å². The lowest BCUT2D eigenvalue weighted by Crippen LogP contribution is -2.39. The Morgan fingerprint density at radius 3 is 2.48 bits per heavy atom. The molecule has 1 heterocycles. The maximum absolute atomic E-state index is 12.0. The summed E-state index contributed by atoms with van der Waals surface area (Å²) < 4.78 is 14.5. The average molecular weight is 443 g/mol. The van der Waals surface area contributed by atoms with Gasteiger partial charge in [0.25, 0.3) is 5.91 Å². The van der Waals surface area contributed by atoms with E-state index in [2.05, 4.69) is 15.4 Å². The van der Waals surface area contributed by atoms with E-state index in [1.165, 1.54) is 37.4 Å². The third kappa shape index (κ3) is 6.81. The molecule has 0 radical (unpaired) electrons. The van der Waals surface area contributed by atoms with Crippen molar-refractivity contribution in [3.63, 3.8) is 0 Å². The van der Waals surface area contributed by atoms with Crippen molar-refractivity contribution in [1.29, 1.82) is 0 Å². The molecule has 11 heteroatoms. The third-order valence-corrected chi connectivity index (χ3v) is 3.99. The number of methoxy groups -OCH3 is 1. The topological polar surface area (TPSA) is 124 Å². The van der Waals surface area contributed by atoms with Gasteiger partial charge in [0.05, 0.1) is 24.2 Å². The van der Waals surface area contributed by atoms with Gasteiger partial charge in [-0.15, -0.1) is 0 Å². The van der Waals surface area contributed by atoms with Gasteiger partial charge in [0.15, 0.2) is 0 Å². The molecule has 0 aliphatic heterocycles. The van der Waals surface area contributed by atoms with Gasteiger partial charge in [-0.05, 0) is 30.3 Å². The molecule has 0 unspecified atom stereocenters. The zero-order valence-electron chi connectivity index (χ0n) is 15.1. The first-order chi connectivity index (χ1) is 13.8. The van der Waals surface area contributed by atoms with Crippen molar-refractivity contribution >= 4 is 47.0 Å². The van der Waals surface area contributed by atoms with E-state index in [-0.39, 0.29) is 35.3 Å². The number of rotatable bonds is 8. The molecule has 2 amide bonds. The lowest BCUT2D eigenvalue weighted by Gasteiger charge is -2.08. The van der Waals surface area contributed by atoms with Crippen molar-refractivity contribution in [1.82, 2.24) is 10.6 Å². The second-order valence-corrected chi connectivity index (χ2v) is 6.35. The van der Waals surface area contributed by atoms with E-state index >= 15 is 0 Å². The van der Waals surface area contributed by atoms with E-state index in [9.17, 15) is 19.2 Å². The second-order valence-electron chi connectivity index (χ2n) is 5.50. The minimum absolute atomic E-state index is 0.0246. The fraction of sp³-hybridized carbons (Fsp3) is 0.222. The molecular formula is C18H16Cl2N2O7. The fourth-order valence-electron chi connectivity index (χ4n) is 2.03. The molecule has 2 N–H and O–H groups in total. The van der Waals surface area contributed by atoms with Gasteiger partial charge >= 0.3 is 11.9 Å². The molecule has 0 atom stereocenters. The molecule has 0 saturated heterocycles. The third-order valence-electron chi connectivity index (χ3n) is 3.44. The van der Waals surface area contributed by atoms with Crippen LogP contribution in [0.2, 0.25) is 10.0 Å². The van der Waals surface area contributed by atoms with E-state index in [0.29, 0.717) is 5.02 Å². The van der Waals surface area contributed by atoms with Crippen LogP contribution in [0, 0.1) is 0 Å². The highest BCUT2D eigenvalue weighted by Gasteiger charge is 2.14. The van der Waals surface area contributed by atoms with Gasteiger partial charge in [0.1, 0.15) is 18.9 Å². The molecule has 1 aromatic heterocycles. The number of halogens is 2. The zero-order chi connectivity index (χ0) is 21.4. The quantitative estimate of drug-likeness (QED) is 0.598. The maximum atomic E-state index is 12.0. The van der Waals surface area contributed by atoms with Crippen LogP contribution in [0.4, 0.5) is 0 Å². The Hall–Kier alpha value is -3.04. The number of nitrogens with one attached hydrogen (secondary N) is 2. The Bertz CT molecular complexity index is 927. The Morgan fingerprint density at radius 1 is 1.03 bits per heavy atom. The van der Waals surface area contributed by atoms with Gasteiger partial charge in [0.2, 0.25) is 11.7 Å². The monoisotopic (exact) mass is 442 g/mol. The Balaban J connectivity index is 1.70. The number of esters is 2. The van der Waals surface area contributed by atoms with E-state index in [0.717, 1.165) is 0 Å². The molecule has 0 fully saturated rings. The van der Waals surface area contributed by atoms with E-state index in [1.807, 2.05) is 0 Å². The number of hydrogen-bond acceptors (Lipinski definition) is 7. The van der Waals surface area contributed by atoms with Crippen LogP contribution >= 0.6 is 23.2 Å². The molecular weight excluding hydrogens is 427 g/mol. The van der Waals surface area contributed by atoms with Crippen LogP contribution in [0.15, 0.2) is 34.7 Å². The second kappa shape index (κ2) is 10.5. The summed E-state index contributed by atoms with van der Waals surface area (Å²) in [7, 11) is 1.21. The van der Waals surface area contributed by atoms with Crippen LogP contribution in [0.3, 0.4) is 0 Å². The van der Waals surface area contributed by atoms with Crippen molar-refractivity contribution in [2.24, 2.45) is 0 Å². The Labute approximate surface area is 175 Å². The summed E-state index contributed by atoms with van der Waals surface area (Å²) in [5.41, 5.74) is 0.160. The van der Waals surface area contributed by atoms with Crippen LogP contribution in [0.1, 0.15) is 26.7 Å². The lowest BCUT2D eigenvalue weighted by molar-refractivity contribution is -0.145. The van der Waals surface area contributed by atoms with Crippen molar-refractivity contribution in [2.45, 2.75) is 6.61 Å². The fourth-order valence-corrected chi connectivity index (χ4v) is 2.53. The summed E-state index contributed by atoms with van der Waals surface area (Å²) in [6.45, 7) is -1.01. The number of furan rings is 1. The molecule has 154 valence electrons. The lowest BCUT2D eigenvalue weighted by atomic mass is 10.2. The van der Waals surface area contributed by atoms with Gasteiger partial charge in [-0.2, -0.15) is 0 Å². The number of carbonyl (C=O) groups is 4. The highest BCUT2D eigenvalue weighted by atomic mass is 35.5. The minimum Gasteiger partial charge on any atom is -0.463 e. The van der Waals surface area contributed by atoms with Gasteiger partial charge in [-0.1, -0.05) is 23.2 Å². The highest BCUT2D eigenvalue weighted by molar-refractivity contribution is 6.36. The molecule has 0 aliphatic rings. The number of benzene rings is 1. The van der Waals surface area contributed by atoms with Gasteiger partial charge in [-0.25, -0.2) is 4.79 Å². The molecule has 2 aromatic rings. The van der Waals surface area contributed by atoms with Gasteiger partial charge in [-0.3, -0.25) is 14.4 Å². The first-order valence-corrected chi connectivity index (χ1v) is 8.88. The molecule has 1 aromatic carbocycles. The van der Waals surface area contributed by atoms with Crippen LogP contribution < -0.4 is 10.6 Å². The molecule has 0 aliphatic carbocycles. The SMILES string of the molecule is COC(=O)c1ccc(COC(=O)CNC(=O)CNC(=O)c2ccc(Cl)cc2Cl)o1. The number of amides is 2. The highest BCUT2D eigenvalue weighted by Crippen LogP contribution is 2.20. The summed E-state index contributed by atoms with van der Waals surface area (Å²) in [5.74, 6) is -2.35. The molecule has 2 rings (SSSR count). The zero-order valence-corrected chi connectivity index (χ0v) is 16.6. The van der Waals surface area contributed by atoms with Crippen molar-refractivity contribution in [2.75, 3.05) is 20.2 Å². The molecule has 29 heavy (non-hydrogen) atoms. The van der Waals surface area contributed by atoms with Crippen LogP contribution in [0.25, 0.3) is 0 Å². The Kier molecular flexibility index (Phi) is 8.05. The summed E-state index contributed by atoms with van der Waals surface area (Å²) in [6.07, 6.45) is 0. The predicted molar refractivity (Wildman–Crippen MR) is 102 cm³/mol. The summed E-state index contributed by atoms with van der Waals surface area (Å²) in [5, 5.41) is 5.18. The number of ether oxygens (including phenoxy) is 2. The summed E-state index contributed by atoms with van der Waals surface area (Å²) >= 11 is 11.7. The molecule has 0 spiro atoms. The van der Waals surface area contributed by atoms with Crippen LogP contribution in [-0.4, -0.2) is 44.0 Å². The van der Waals surface area contributed by atoms with Gasteiger partial charge < -0.3 is 24.5 Å². The average Bonchev–Trinajstić information content (AvgIpc) is 3.17. The smallest absolute Gasteiger partial charge is 0.373 e. The standard InChI is InChI=1S/C18H16Cl2N2O7/c1-27-18(26)14-5-3-11(29-14)9-28-16(24)8-21-15(23)7-22-17(25)12-4-2-10(19)6-13(12)20/h2-6H,7-9H2,1H3,(H,21,23)(H,22,25). The van der Waals surface area contributed by atoms with Crippen molar-refractivity contribution in [3.8, 4) is 0 Å². The largest absolute Gasteiger partial charge is 0.463 e. The van der Waals surface area contributed by atoms with E-state index in [1.54, 1.807) is 0 Å². The molecule has 0 bridgehead atoms. The van der Waals surface area contributed by atoms with Crippen molar-refractivity contribution in [3.05, 3.63) is 57.5 Å². The van der Waals surface area contributed by atoms with Crippen LogP contribution in [-0.2, 0) is 25.7 Å². The number of hydrogen-bond donors (Lipinski definition) is 2. The normalized spacial score (nSPS) is 10.2. The van der Waals surface area contributed by atoms with Crippen LogP contribution in [0.5, 0.6) is 0 Å². The minimum atomic E-state index is -0.735. The molecule has 0 saturated carbocycles. The van der Waals surface area contributed by atoms with E-state index < -0.39 is 30.3 Å². The summed E-state index contributed by atoms with van der Waals surface area (Å²) in [6, 6.07) is 7.16.